The first-order valence-corrected chi connectivity index (χ1v) is 21.8. The summed E-state index contributed by atoms with van der Waals surface area (Å²) < 4.78 is 16.8. The van der Waals surface area contributed by atoms with E-state index in [-0.39, 0.29) is 24.2 Å². The van der Waals surface area contributed by atoms with E-state index >= 15 is 0 Å². The minimum atomic E-state index is -0.693. The van der Waals surface area contributed by atoms with Gasteiger partial charge in [0.15, 0.2) is 0 Å². The summed E-state index contributed by atoms with van der Waals surface area (Å²) in [5, 5.41) is 14.8. The molecule has 1 aromatic carbocycles. The average Bonchev–Trinajstić information content (AvgIpc) is 3.88. The Morgan fingerprint density at radius 2 is 1.65 bits per heavy atom. The SMILES string of the molecule is Cn1ncc(-c2nc(N[C@H]3CC[C@H](NCCCCCCCN4CCC(c5cc(F)cc6c5CN(C5CCC(=O)NC5=O)C6=O)CC4)CC3)ncc2Cl)c1CC1CC1. The lowest BCUT2D eigenvalue weighted by Gasteiger charge is -2.33. The number of halogens is 2. The van der Waals surface area contributed by atoms with Gasteiger partial charge >= 0.3 is 0 Å². The van der Waals surface area contributed by atoms with Crippen molar-refractivity contribution in [3.63, 3.8) is 0 Å². The Kier molecular flexibility index (Phi) is 12.5. The maximum atomic E-state index is 14.8. The predicted molar refractivity (Wildman–Crippen MR) is 217 cm³/mol. The zero-order valence-electron chi connectivity index (χ0n) is 33.2. The summed E-state index contributed by atoms with van der Waals surface area (Å²) >= 11 is 6.59. The number of benzene rings is 1. The molecule has 4 fully saturated rings. The summed E-state index contributed by atoms with van der Waals surface area (Å²) in [5.74, 6) is 0.0973. The van der Waals surface area contributed by atoms with Gasteiger partial charge in [0, 0.05) is 48.9 Å². The van der Waals surface area contributed by atoms with Gasteiger partial charge in [-0.3, -0.25) is 24.4 Å². The molecule has 3 aliphatic heterocycles. The van der Waals surface area contributed by atoms with Crippen LogP contribution in [0.1, 0.15) is 129 Å². The number of carbonyl (C=O) groups is 3. The second kappa shape index (κ2) is 17.9. The lowest BCUT2D eigenvalue weighted by atomic mass is 9.85. The highest BCUT2D eigenvalue weighted by Gasteiger charge is 2.41. The molecular formula is C43H57ClFN9O3. The van der Waals surface area contributed by atoms with E-state index in [0.717, 1.165) is 99.4 Å². The number of piperidine rings is 2. The molecule has 306 valence electrons. The fourth-order valence-corrected chi connectivity index (χ4v) is 9.72. The molecule has 8 rings (SSSR count). The maximum absolute atomic E-state index is 14.8. The van der Waals surface area contributed by atoms with Crippen LogP contribution in [0.15, 0.2) is 24.5 Å². The third-order valence-electron chi connectivity index (χ3n) is 13.1. The molecule has 0 bridgehead atoms. The van der Waals surface area contributed by atoms with Crippen LogP contribution >= 0.6 is 11.6 Å². The monoisotopic (exact) mass is 801 g/mol. The molecule has 3 amide bonds. The number of amides is 3. The molecule has 2 saturated carbocycles. The fraction of sp³-hybridized carbons (Fsp3) is 0.628. The van der Waals surface area contributed by atoms with Crippen LogP contribution in [0.25, 0.3) is 11.3 Å². The predicted octanol–water partition coefficient (Wildman–Crippen LogP) is 6.53. The Hall–Kier alpha value is -3.94. The van der Waals surface area contributed by atoms with Gasteiger partial charge in [-0.15, -0.1) is 0 Å². The van der Waals surface area contributed by atoms with Crippen LogP contribution in [0.2, 0.25) is 5.02 Å². The summed E-state index contributed by atoms with van der Waals surface area (Å²) in [5.41, 5.74) is 5.10. The molecule has 3 N–H and O–H groups in total. The van der Waals surface area contributed by atoms with Crippen molar-refractivity contribution < 1.29 is 18.8 Å². The molecule has 0 spiro atoms. The number of hydrogen-bond acceptors (Lipinski definition) is 9. The lowest BCUT2D eigenvalue weighted by Crippen LogP contribution is -2.52. The van der Waals surface area contributed by atoms with Crippen LogP contribution in [0.5, 0.6) is 0 Å². The van der Waals surface area contributed by atoms with Gasteiger partial charge in [0.1, 0.15) is 11.9 Å². The van der Waals surface area contributed by atoms with Gasteiger partial charge in [0.25, 0.3) is 5.91 Å². The van der Waals surface area contributed by atoms with E-state index in [1.807, 2.05) is 17.9 Å². The van der Waals surface area contributed by atoms with Gasteiger partial charge in [-0.25, -0.2) is 14.4 Å². The number of anilines is 1. The van der Waals surface area contributed by atoms with Crippen molar-refractivity contribution in [1.82, 2.24) is 40.2 Å². The van der Waals surface area contributed by atoms with Gasteiger partial charge in [0.2, 0.25) is 17.8 Å². The highest BCUT2D eigenvalue weighted by atomic mass is 35.5. The van der Waals surface area contributed by atoms with Crippen LogP contribution in [-0.4, -0.2) is 91.6 Å². The summed E-state index contributed by atoms with van der Waals surface area (Å²) in [6.07, 6.45) is 20.1. The average molecular weight is 802 g/mol. The van der Waals surface area contributed by atoms with Crippen molar-refractivity contribution >= 4 is 35.3 Å². The topological polar surface area (TPSA) is 137 Å². The number of hydrogen-bond donors (Lipinski definition) is 3. The Morgan fingerprint density at radius 3 is 2.42 bits per heavy atom. The van der Waals surface area contributed by atoms with Crippen molar-refractivity contribution in [3.05, 3.63) is 57.8 Å². The quantitative estimate of drug-likeness (QED) is 0.109. The lowest BCUT2D eigenvalue weighted by molar-refractivity contribution is -0.136. The number of aryl methyl sites for hydroxylation is 1. The molecule has 2 saturated heterocycles. The molecule has 1 unspecified atom stereocenters. The molecular weight excluding hydrogens is 745 g/mol. The number of fused-ring (bicyclic) bond motifs is 1. The fourth-order valence-electron chi connectivity index (χ4n) is 9.53. The first kappa shape index (κ1) is 39.9. The molecule has 14 heteroatoms. The third-order valence-corrected chi connectivity index (χ3v) is 13.3. The second-order valence-corrected chi connectivity index (χ2v) is 17.5. The number of unbranched alkanes of at least 4 members (excludes halogenated alkanes) is 4. The van der Waals surface area contributed by atoms with Gasteiger partial charge in [0.05, 0.1) is 23.1 Å². The van der Waals surface area contributed by atoms with Crippen molar-refractivity contribution in [2.45, 2.75) is 133 Å². The first-order chi connectivity index (χ1) is 27.7. The molecule has 2 aromatic heterocycles. The van der Waals surface area contributed by atoms with Crippen LogP contribution in [-0.2, 0) is 29.6 Å². The van der Waals surface area contributed by atoms with Gasteiger partial charge in [-0.05, 0) is 138 Å². The number of imide groups is 1. The van der Waals surface area contributed by atoms with Gasteiger partial charge in [-0.2, -0.15) is 5.10 Å². The molecule has 0 radical (unpaired) electrons. The Balaban J connectivity index is 0.693. The minimum Gasteiger partial charge on any atom is -0.351 e. The third kappa shape index (κ3) is 9.52. The van der Waals surface area contributed by atoms with Gasteiger partial charge < -0.3 is 20.4 Å². The van der Waals surface area contributed by atoms with Crippen molar-refractivity contribution in [2.75, 3.05) is 31.5 Å². The van der Waals surface area contributed by atoms with Crippen molar-refractivity contribution in [1.29, 1.82) is 0 Å². The zero-order chi connectivity index (χ0) is 39.5. The van der Waals surface area contributed by atoms with E-state index in [4.69, 9.17) is 16.6 Å². The first-order valence-electron chi connectivity index (χ1n) is 21.4. The summed E-state index contributed by atoms with van der Waals surface area (Å²) in [6, 6.07) is 3.13. The normalized spacial score (nSPS) is 23.2. The molecule has 5 heterocycles. The highest BCUT2D eigenvalue weighted by molar-refractivity contribution is 6.33. The van der Waals surface area contributed by atoms with Crippen LogP contribution in [0.3, 0.4) is 0 Å². The summed E-state index contributed by atoms with van der Waals surface area (Å²) in [4.78, 5) is 50.9. The minimum absolute atomic E-state index is 0.187. The molecule has 2 aliphatic carbocycles. The Bertz CT molecular complexity index is 1940. The van der Waals surface area contributed by atoms with E-state index in [1.54, 1.807) is 12.3 Å². The summed E-state index contributed by atoms with van der Waals surface area (Å²) in [6.45, 7) is 4.36. The maximum Gasteiger partial charge on any atom is 0.255 e. The molecule has 3 aromatic rings. The number of likely N-dealkylation sites (tertiary alicyclic amines) is 1. The van der Waals surface area contributed by atoms with Crippen LogP contribution in [0, 0.1) is 11.7 Å². The molecule has 5 aliphatic rings. The second-order valence-electron chi connectivity index (χ2n) is 17.1. The molecule has 12 nitrogen and oxygen atoms in total. The smallest absolute Gasteiger partial charge is 0.255 e. The molecule has 1 atom stereocenters. The highest BCUT2D eigenvalue weighted by Crippen LogP contribution is 2.39. The number of nitrogens with one attached hydrogen (secondary N) is 3. The number of rotatable bonds is 16. The van der Waals surface area contributed by atoms with E-state index in [0.29, 0.717) is 41.6 Å². The standard InChI is InChI=1S/C43H57ClFN9O3/c1-52-38(21-27-7-8-27)34(24-48-52)40-36(44)25-47-43(51-40)49-31-11-9-30(10-12-31)46-17-5-3-2-4-6-18-53-19-15-28(16-20-53)32-22-29(45)23-33-35(32)26-54(42(33)57)37-13-14-39(55)50-41(37)56/h22-25,27-28,30-31,37,46H,2-21,26H2,1H3,(H,47,49,51)(H,50,55,56)/t30-,31-,37?. The van der Waals surface area contributed by atoms with Crippen molar-refractivity contribution in [2.24, 2.45) is 13.0 Å². The summed E-state index contributed by atoms with van der Waals surface area (Å²) in [7, 11) is 2.00. The Morgan fingerprint density at radius 1 is 0.895 bits per heavy atom. The van der Waals surface area contributed by atoms with Crippen LogP contribution in [0.4, 0.5) is 10.3 Å². The van der Waals surface area contributed by atoms with E-state index in [9.17, 15) is 18.8 Å². The largest absolute Gasteiger partial charge is 0.351 e. The van der Waals surface area contributed by atoms with Crippen molar-refractivity contribution in [3.8, 4) is 11.3 Å². The zero-order valence-corrected chi connectivity index (χ0v) is 34.0. The van der Waals surface area contributed by atoms with E-state index in [1.165, 1.54) is 61.6 Å². The van der Waals surface area contributed by atoms with Crippen LogP contribution < -0.4 is 16.0 Å². The number of nitrogens with zero attached hydrogens (tertiary/aromatic N) is 6. The number of aromatic nitrogens is 4. The Labute approximate surface area is 340 Å². The van der Waals surface area contributed by atoms with E-state index < -0.39 is 17.8 Å². The molecule has 57 heavy (non-hydrogen) atoms. The van der Waals surface area contributed by atoms with E-state index in [2.05, 4.69) is 30.9 Å². The van der Waals surface area contributed by atoms with Gasteiger partial charge in [-0.1, -0.05) is 30.9 Å². The number of carbonyl (C=O) groups excluding carboxylic acids is 3.